The third-order valence-electron chi connectivity index (χ3n) is 4.41. The highest BCUT2D eigenvalue weighted by Crippen LogP contribution is 2.23. The van der Waals surface area contributed by atoms with Crippen LogP contribution in [-0.4, -0.2) is 28.9 Å². The number of hydrogen-bond donors (Lipinski definition) is 3. The van der Waals surface area contributed by atoms with E-state index in [1.807, 2.05) is 56.3 Å². The lowest BCUT2D eigenvalue weighted by Crippen LogP contribution is -2.14. The number of aromatic nitrogens is 2. The minimum Gasteiger partial charge on any atom is -0.369 e. The van der Waals surface area contributed by atoms with E-state index >= 15 is 0 Å². The molecule has 3 rings (SSSR count). The van der Waals surface area contributed by atoms with Crippen LogP contribution in [-0.2, 0) is 6.42 Å². The van der Waals surface area contributed by atoms with Crippen molar-refractivity contribution in [2.75, 3.05) is 11.9 Å². The fourth-order valence-electron chi connectivity index (χ4n) is 2.99. The Labute approximate surface area is 194 Å². The van der Waals surface area contributed by atoms with Gasteiger partial charge in [-0.15, -0.1) is 6.58 Å². The van der Waals surface area contributed by atoms with Crippen LogP contribution in [0.5, 0.6) is 0 Å². The zero-order chi connectivity index (χ0) is 23.5. The predicted octanol–water partition coefficient (Wildman–Crippen LogP) is 5.20. The van der Waals surface area contributed by atoms with Crippen LogP contribution >= 0.6 is 11.6 Å². The summed E-state index contributed by atoms with van der Waals surface area (Å²) >= 11 is 6.06. The molecule has 2 aromatic heterocycles. The molecule has 0 amide bonds. The Morgan fingerprint density at radius 1 is 1.34 bits per heavy atom. The molecular formula is C25H30ClN5O. The van der Waals surface area contributed by atoms with Gasteiger partial charge < -0.3 is 16.0 Å². The Balaban J connectivity index is 0.00000114. The first-order chi connectivity index (χ1) is 15.4. The highest BCUT2D eigenvalue weighted by atomic mass is 35.5. The van der Waals surface area contributed by atoms with Crippen molar-refractivity contribution in [3.05, 3.63) is 88.0 Å². The summed E-state index contributed by atoms with van der Waals surface area (Å²) in [6.07, 6.45) is 7.46. The monoisotopic (exact) mass is 451 g/mol. The van der Waals surface area contributed by atoms with Crippen molar-refractivity contribution in [3.8, 4) is 0 Å². The largest absolute Gasteiger partial charge is 0.369 e. The van der Waals surface area contributed by atoms with E-state index in [1.54, 1.807) is 25.4 Å². The number of anilines is 1. The number of hydrogen-bond acceptors (Lipinski definition) is 5. The number of H-pyrrole nitrogens is 1. The highest BCUT2D eigenvalue weighted by Gasteiger charge is 2.11. The summed E-state index contributed by atoms with van der Waals surface area (Å²) in [7, 11) is 0. The van der Waals surface area contributed by atoms with Crippen molar-refractivity contribution in [2.45, 2.75) is 33.4 Å². The second-order valence-corrected chi connectivity index (χ2v) is 7.54. The number of nitrogens with zero attached hydrogens (tertiary/aromatic N) is 2. The maximum Gasteiger partial charge on any atom is 0.259 e. The second-order valence-electron chi connectivity index (χ2n) is 7.10. The van der Waals surface area contributed by atoms with Crippen LogP contribution in [0.25, 0.3) is 16.3 Å². The number of rotatable bonds is 7. The SMILES string of the molecule is C/C=C(\C=N/C(C)N)c1cc2cc[nH]c(=O)c2c(NCCc2cccc(Cl)c2)n1.C=CC. The van der Waals surface area contributed by atoms with Gasteiger partial charge in [-0.2, -0.15) is 0 Å². The standard InChI is InChI=1S/C22H24ClN5O.C3H6/c1-3-16(13-27-14(2)24)19-12-17-8-10-26-22(29)20(17)21(28-19)25-9-7-15-5-4-6-18(23)11-15;1-3-2/h3-6,8,10-14H,7,9,24H2,1-2H3,(H,25,28)(H,26,29);3H,1H2,2H3/b16-3+,27-13-;. The average Bonchev–Trinajstić information content (AvgIpc) is 2.74. The summed E-state index contributed by atoms with van der Waals surface area (Å²) in [5, 5.41) is 5.35. The fourth-order valence-corrected chi connectivity index (χ4v) is 3.21. The lowest BCUT2D eigenvalue weighted by Gasteiger charge is -2.12. The summed E-state index contributed by atoms with van der Waals surface area (Å²) in [5.74, 6) is 0.537. The average molecular weight is 452 g/mol. The molecule has 0 saturated carbocycles. The van der Waals surface area contributed by atoms with Gasteiger partial charge in [0.05, 0.1) is 17.2 Å². The molecule has 32 heavy (non-hydrogen) atoms. The molecule has 4 N–H and O–H groups in total. The molecule has 1 atom stereocenters. The van der Waals surface area contributed by atoms with Gasteiger partial charge in [-0.25, -0.2) is 4.98 Å². The molecule has 7 heteroatoms. The van der Waals surface area contributed by atoms with E-state index in [4.69, 9.17) is 22.3 Å². The molecule has 0 spiro atoms. The molecule has 3 aromatic rings. The van der Waals surface area contributed by atoms with E-state index in [0.29, 0.717) is 22.8 Å². The molecule has 0 aliphatic heterocycles. The van der Waals surface area contributed by atoms with Crippen molar-refractivity contribution in [2.24, 2.45) is 10.7 Å². The molecular weight excluding hydrogens is 422 g/mol. The van der Waals surface area contributed by atoms with Crippen molar-refractivity contribution >= 4 is 40.0 Å². The number of aliphatic imine (C=N–C) groups is 1. The minimum atomic E-state index is -0.302. The first-order valence-corrected chi connectivity index (χ1v) is 10.8. The van der Waals surface area contributed by atoms with Crippen LogP contribution in [0.1, 0.15) is 32.0 Å². The van der Waals surface area contributed by atoms with Gasteiger partial charge in [-0.1, -0.05) is 35.9 Å². The number of fused-ring (bicyclic) bond motifs is 1. The first-order valence-electron chi connectivity index (χ1n) is 10.4. The third-order valence-corrected chi connectivity index (χ3v) is 4.64. The smallest absolute Gasteiger partial charge is 0.259 e. The summed E-state index contributed by atoms with van der Waals surface area (Å²) in [6, 6.07) is 11.5. The van der Waals surface area contributed by atoms with Crippen LogP contribution in [0.15, 0.2) is 71.1 Å². The van der Waals surface area contributed by atoms with Gasteiger partial charge in [0.25, 0.3) is 5.56 Å². The normalized spacial score (nSPS) is 12.3. The molecule has 1 unspecified atom stereocenters. The number of allylic oxidation sites excluding steroid dienone is 3. The van der Waals surface area contributed by atoms with E-state index in [9.17, 15) is 4.79 Å². The number of benzene rings is 1. The first kappa shape index (κ1) is 25.0. The molecule has 0 saturated heterocycles. The van der Waals surface area contributed by atoms with Crippen LogP contribution in [0.4, 0.5) is 5.82 Å². The van der Waals surface area contributed by atoms with E-state index in [0.717, 1.165) is 28.6 Å². The molecule has 2 heterocycles. The summed E-state index contributed by atoms with van der Waals surface area (Å²) in [4.78, 5) is 24.1. The van der Waals surface area contributed by atoms with E-state index in [1.165, 1.54) is 0 Å². The Morgan fingerprint density at radius 2 is 2.09 bits per heavy atom. The van der Waals surface area contributed by atoms with Crippen LogP contribution in [0.3, 0.4) is 0 Å². The third kappa shape index (κ3) is 7.18. The van der Waals surface area contributed by atoms with Crippen LogP contribution < -0.4 is 16.6 Å². The van der Waals surface area contributed by atoms with Gasteiger partial charge in [0.15, 0.2) is 0 Å². The Kier molecular flexibility index (Phi) is 9.85. The Morgan fingerprint density at radius 3 is 2.75 bits per heavy atom. The van der Waals surface area contributed by atoms with Gasteiger partial charge in [0.2, 0.25) is 0 Å². The van der Waals surface area contributed by atoms with Crippen LogP contribution in [0.2, 0.25) is 5.02 Å². The number of pyridine rings is 2. The number of nitrogens with one attached hydrogen (secondary N) is 2. The molecule has 0 bridgehead atoms. The minimum absolute atomic E-state index is 0.182. The van der Waals surface area contributed by atoms with Gasteiger partial charge in [0, 0.05) is 29.6 Å². The lowest BCUT2D eigenvalue weighted by atomic mass is 10.1. The maximum atomic E-state index is 12.4. The molecule has 168 valence electrons. The zero-order valence-electron chi connectivity index (χ0n) is 18.7. The fraction of sp³-hybridized carbons (Fsp3) is 0.240. The maximum absolute atomic E-state index is 12.4. The molecule has 0 radical (unpaired) electrons. The van der Waals surface area contributed by atoms with E-state index in [-0.39, 0.29) is 11.7 Å². The Bertz CT molecular complexity index is 1160. The van der Waals surface area contributed by atoms with E-state index in [2.05, 4.69) is 21.9 Å². The van der Waals surface area contributed by atoms with Gasteiger partial charge in [0.1, 0.15) is 5.82 Å². The van der Waals surface area contributed by atoms with Crippen molar-refractivity contribution in [1.82, 2.24) is 9.97 Å². The topological polar surface area (TPSA) is 96.2 Å². The van der Waals surface area contributed by atoms with Gasteiger partial charge in [-0.3, -0.25) is 9.79 Å². The van der Waals surface area contributed by atoms with Crippen molar-refractivity contribution < 1.29 is 0 Å². The molecule has 0 fully saturated rings. The molecule has 6 nitrogen and oxygen atoms in total. The summed E-state index contributed by atoms with van der Waals surface area (Å²) in [5.41, 5.74) is 8.22. The van der Waals surface area contributed by atoms with Crippen molar-refractivity contribution in [1.29, 1.82) is 0 Å². The lowest BCUT2D eigenvalue weighted by molar-refractivity contribution is 0.798. The van der Waals surface area contributed by atoms with E-state index < -0.39 is 0 Å². The number of nitrogens with two attached hydrogens (primary N) is 1. The molecule has 1 aromatic carbocycles. The molecule has 0 aliphatic rings. The van der Waals surface area contributed by atoms with Gasteiger partial charge >= 0.3 is 0 Å². The van der Waals surface area contributed by atoms with Crippen molar-refractivity contribution in [3.63, 3.8) is 0 Å². The zero-order valence-corrected chi connectivity index (χ0v) is 19.5. The second kappa shape index (κ2) is 12.6. The quantitative estimate of drug-likeness (QED) is 0.339. The van der Waals surface area contributed by atoms with Gasteiger partial charge in [-0.05, 0) is 62.4 Å². The van der Waals surface area contributed by atoms with Crippen LogP contribution in [0, 0.1) is 0 Å². The summed E-state index contributed by atoms with van der Waals surface area (Å²) < 4.78 is 0. The number of aromatic amines is 1. The predicted molar refractivity (Wildman–Crippen MR) is 138 cm³/mol. The Hall–Kier alpha value is -3.22. The summed E-state index contributed by atoms with van der Waals surface area (Å²) in [6.45, 7) is 9.58. The highest BCUT2D eigenvalue weighted by molar-refractivity contribution is 6.30. The number of halogens is 1. The molecule has 0 aliphatic carbocycles.